The Morgan fingerprint density at radius 2 is 1.56 bits per heavy atom. The molecule has 5 rings (SSSR count). The van der Waals surface area contributed by atoms with Gasteiger partial charge in [-0.3, -0.25) is 9.59 Å². The highest BCUT2D eigenvalue weighted by Gasteiger charge is 2.33. The van der Waals surface area contributed by atoms with Gasteiger partial charge < -0.3 is 28.7 Å². The molecule has 8 heteroatoms. The summed E-state index contributed by atoms with van der Waals surface area (Å²) in [6.45, 7) is 2.31. The van der Waals surface area contributed by atoms with Gasteiger partial charge in [-0.15, -0.1) is 0 Å². The summed E-state index contributed by atoms with van der Waals surface area (Å²) in [4.78, 5) is 29.6. The van der Waals surface area contributed by atoms with Crippen molar-refractivity contribution in [2.24, 2.45) is 0 Å². The lowest BCUT2D eigenvalue weighted by Crippen LogP contribution is -2.55. The molecule has 2 aliphatic rings. The summed E-state index contributed by atoms with van der Waals surface area (Å²) < 4.78 is 22.9. The number of rotatable bonds is 6. The molecule has 0 aromatic heterocycles. The summed E-state index contributed by atoms with van der Waals surface area (Å²) in [7, 11) is 1.55. The van der Waals surface area contributed by atoms with Gasteiger partial charge >= 0.3 is 0 Å². The van der Waals surface area contributed by atoms with Crippen LogP contribution in [0.4, 0.5) is 0 Å². The van der Waals surface area contributed by atoms with Gasteiger partial charge in [0.2, 0.25) is 6.10 Å². The van der Waals surface area contributed by atoms with Gasteiger partial charge in [-0.05, 0) is 35.9 Å². The molecule has 3 aromatic rings. The molecule has 0 N–H and O–H groups in total. The third-order valence-electron chi connectivity index (χ3n) is 6.31. The molecule has 3 aromatic carbocycles. The highest BCUT2D eigenvalue weighted by molar-refractivity contribution is 5.95. The zero-order chi connectivity index (χ0) is 24.9. The normalized spacial score (nSPS) is 16.9. The Morgan fingerprint density at radius 3 is 2.31 bits per heavy atom. The number of carbonyl (C=O) groups excluding carboxylic acids is 2. The number of fused-ring (bicyclic) bond motifs is 1. The molecule has 2 aliphatic heterocycles. The summed E-state index contributed by atoms with van der Waals surface area (Å²) in [5.74, 6) is 2.05. The number of hydrogen-bond acceptors (Lipinski definition) is 6. The van der Waals surface area contributed by atoms with Crippen molar-refractivity contribution in [1.82, 2.24) is 9.80 Å². The van der Waals surface area contributed by atoms with Gasteiger partial charge in [0, 0.05) is 31.7 Å². The van der Waals surface area contributed by atoms with Gasteiger partial charge in [0.25, 0.3) is 11.8 Å². The van der Waals surface area contributed by atoms with Crippen LogP contribution in [0, 0.1) is 0 Å². The molecule has 1 saturated heterocycles. The molecule has 8 nitrogen and oxygen atoms in total. The second-order valence-corrected chi connectivity index (χ2v) is 8.62. The van der Waals surface area contributed by atoms with Crippen molar-refractivity contribution >= 4 is 11.8 Å². The Bertz CT molecular complexity index is 1220. The van der Waals surface area contributed by atoms with Crippen molar-refractivity contribution in [1.29, 1.82) is 0 Å². The zero-order valence-corrected chi connectivity index (χ0v) is 20.1. The number of piperazine rings is 1. The number of hydrogen-bond donors (Lipinski definition) is 0. The van der Waals surface area contributed by atoms with Crippen molar-refractivity contribution in [3.05, 3.63) is 83.9 Å². The molecule has 2 amide bonds. The topological polar surface area (TPSA) is 77.5 Å². The van der Waals surface area contributed by atoms with Gasteiger partial charge in [0.15, 0.2) is 23.0 Å². The van der Waals surface area contributed by atoms with E-state index in [0.29, 0.717) is 61.3 Å². The van der Waals surface area contributed by atoms with Crippen molar-refractivity contribution in [3.8, 4) is 23.0 Å². The highest BCUT2D eigenvalue weighted by Crippen LogP contribution is 2.32. The monoisotopic (exact) mass is 488 g/mol. The lowest BCUT2D eigenvalue weighted by atomic mass is 10.1. The predicted molar refractivity (Wildman–Crippen MR) is 133 cm³/mol. The predicted octanol–water partition coefficient (Wildman–Crippen LogP) is 3.40. The summed E-state index contributed by atoms with van der Waals surface area (Å²) in [6, 6.07) is 22.4. The number of benzene rings is 3. The fourth-order valence-corrected chi connectivity index (χ4v) is 4.31. The molecule has 0 bridgehead atoms. The Hall–Kier alpha value is -4.20. The summed E-state index contributed by atoms with van der Waals surface area (Å²) in [6.07, 6.45) is -0.685. The molecule has 0 radical (unpaired) electrons. The maximum Gasteiger partial charge on any atom is 0.267 e. The van der Waals surface area contributed by atoms with Crippen molar-refractivity contribution in [2.75, 3.05) is 39.9 Å². The second-order valence-electron chi connectivity index (χ2n) is 8.62. The number of amides is 2. The lowest BCUT2D eigenvalue weighted by Gasteiger charge is -2.37. The second kappa shape index (κ2) is 10.6. The highest BCUT2D eigenvalue weighted by atomic mass is 16.6. The summed E-state index contributed by atoms with van der Waals surface area (Å²) in [5.41, 5.74) is 1.56. The maximum absolute atomic E-state index is 13.2. The fourth-order valence-electron chi connectivity index (χ4n) is 4.31. The third kappa shape index (κ3) is 5.07. The number of ether oxygens (including phenoxy) is 4. The van der Waals surface area contributed by atoms with E-state index in [-0.39, 0.29) is 18.4 Å². The Labute approximate surface area is 209 Å². The summed E-state index contributed by atoms with van der Waals surface area (Å²) >= 11 is 0. The maximum atomic E-state index is 13.2. The van der Waals surface area contributed by atoms with Crippen LogP contribution in [0.25, 0.3) is 0 Å². The van der Waals surface area contributed by atoms with E-state index in [2.05, 4.69) is 0 Å². The molecule has 186 valence electrons. The number of methoxy groups -OCH3 is 1. The van der Waals surface area contributed by atoms with Gasteiger partial charge in [-0.1, -0.05) is 42.5 Å². The average molecular weight is 489 g/mol. The number of nitrogens with zero attached hydrogens (tertiary/aromatic N) is 2. The first kappa shape index (κ1) is 23.5. The van der Waals surface area contributed by atoms with Crippen LogP contribution in [-0.4, -0.2) is 67.6 Å². The van der Waals surface area contributed by atoms with E-state index < -0.39 is 6.10 Å². The van der Waals surface area contributed by atoms with Crippen LogP contribution < -0.4 is 18.9 Å². The van der Waals surface area contributed by atoms with E-state index in [1.807, 2.05) is 48.5 Å². The molecular formula is C28H28N2O6. The first-order chi connectivity index (χ1) is 17.6. The molecular weight excluding hydrogens is 460 g/mol. The number of carbonyl (C=O) groups is 2. The van der Waals surface area contributed by atoms with Gasteiger partial charge in [0.05, 0.1) is 7.11 Å². The van der Waals surface area contributed by atoms with E-state index in [4.69, 9.17) is 18.9 Å². The first-order valence-corrected chi connectivity index (χ1v) is 11.9. The van der Waals surface area contributed by atoms with Crippen LogP contribution in [0.5, 0.6) is 23.0 Å². The summed E-state index contributed by atoms with van der Waals surface area (Å²) in [5, 5.41) is 0. The van der Waals surface area contributed by atoms with Crippen LogP contribution in [0.1, 0.15) is 15.9 Å². The lowest BCUT2D eigenvalue weighted by molar-refractivity contribution is -0.142. The number of para-hydroxylation sites is 2. The van der Waals surface area contributed by atoms with Gasteiger partial charge in [0.1, 0.15) is 13.2 Å². The van der Waals surface area contributed by atoms with E-state index >= 15 is 0 Å². The SMILES string of the molecule is COc1cc(C(=O)N2CCN(C(=O)C3COc4ccccc4O3)CC2)ccc1OCc1ccccc1. The van der Waals surface area contributed by atoms with Crippen molar-refractivity contribution in [2.45, 2.75) is 12.7 Å². The molecule has 0 spiro atoms. The third-order valence-corrected chi connectivity index (χ3v) is 6.31. The Morgan fingerprint density at radius 1 is 0.861 bits per heavy atom. The van der Waals surface area contributed by atoms with Crippen LogP contribution in [0.3, 0.4) is 0 Å². The fraction of sp³-hybridized carbons (Fsp3) is 0.286. The molecule has 1 fully saturated rings. The Kier molecular flexibility index (Phi) is 6.93. The minimum absolute atomic E-state index is 0.110. The Balaban J connectivity index is 1.17. The smallest absolute Gasteiger partial charge is 0.267 e. The van der Waals surface area contributed by atoms with Crippen molar-refractivity contribution < 1.29 is 28.5 Å². The van der Waals surface area contributed by atoms with Crippen LogP contribution in [0.15, 0.2) is 72.8 Å². The minimum atomic E-state index is -0.685. The van der Waals surface area contributed by atoms with Crippen LogP contribution in [-0.2, 0) is 11.4 Å². The zero-order valence-electron chi connectivity index (χ0n) is 20.1. The molecule has 0 saturated carbocycles. The van der Waals surface area contributed by atoms with Gasteiger partial charge in [-0.2, -0.15) is 0 Å². The van der Waals surface area contributed by atoms with Gasteiger partial charge in [-0.25, -0.2) is 0 Å². The van der Waals surface area contributed by atoms with E-state index in [1.165, 1.54) is 0 Å². The standard InChI is InChI=1S/C28H28N2O6/c1-33-25-17-21(11-12-23(25)34-18-20-7-3-2-4-8-20)27(31)29-13-15-30(16-14-29)28(32)26-19-35-22-9-5-6-10-24(22)36-26/h2-12,17,26H,13-16,18-19H2,1H3. The minimum Gasteiger partial charge on any atom is -0.493 e. The average Bonchev–Trinajstić information content (AvgIpc) is 2.95. The van der Waals surface area contributed by atoms with Crippen LogP contribution in [0.2, 0.25) is 0 Å². The largest absolute Gasteiger partial charge is 0.493 e. The molecule has 1 atom stereocenters. The first-order valence-electron chi connectivity index (χ1n) is 11.9. The van der Waals surface area contributed by atoms with Crippen LogP contribution >= 0.6 is 0 Å². The van der Waals surface area contributed by atoms with Crippen molar-refractivity contribution in [3.63, 3.8) is 0 Å². The van der Waals surface area contributed by atoms with E-state index in [1.54, 1.807) is 41.2 Å². The molecule has 0 aliphatic carbocycles. The van der Waals surface area contributed by atoms with E-state index in [9.17, 15) is 9.59 Å². The molecule has 36 heavy (non-hydrogen) atoms. The molecule has 2 heterocycles. The van der Waals surface area contributed by atoms with E-state index in [0.717, 1.165) is 5.56 Å². The quantitative estimate of drug-likeness (QED) is 0.529. The molecule has 1 unspecified atom stereocenters.